The molecule has 1 saturated carbocycles. The largest absolute Gasteiger partial charge is 0.475 e. The van der Waals surface area contributed by atoms with Crippen LogP contribution in [0.15, 0.2) is 4.99 Å². The molecule has 1 heterocycles. The van der Waals surface area contributed by atoms with Gasteiger partial charge in [0.15, 0.2) is 5.90 Å². The zero-order chi connectivity index (χ0) is 10.0. The van der Waals surface area contributed by atoms with Crippen molar-refractivity contribution in [1.29, 1.82) is 0 Å². The summed E-state index contributed by atoms with van der Waals surface area (Å²) < 4.78 is 5.85. The first kappa shape index (κ1) is 10.0. The summed E-state index contributed by atoms with van der Waals surface area (Å²) in [6.45, 7) is 4.26. The second-order valence-corrected chi connectivity index (χ2v) is 4.69. The van der Waals surface area contributed by atoms with Crippen LogP contribution >= 0.6 is 0 Å². The van der Waals surface area contributed by atoms with Crippen molar-refractivity contribution in [2.75, 3.05) is 0 Å². The minimum Gasteiger partial charge on any atom is -0.475 e. The van der Waals surface area contributed by atoms with Gasteiger partial charge in [-0.2, -0.15) is 0 Å². The summed E-state index contributed by atoms with van der Waals surface area (Å²) in [7, 11) is 0. The standard InChI is InChI=1S/C12H21NO/c1-3-8-12-9-6-4-5-7-11(12)14-10(2)13-12/h11H,3-9H2,1-2H3/t11-,12+/m0/s1. The maximum absolute atomic E-state index is 5.85. The highest BCUT2D eigenvalue weighted by Gasteiger charge is 2.44. The van der Waals surface area contributed by atoms with Crippen molar-refractivity contribution >= 4 is 5.90 Å². The predicted molar refractivity (Wildman–Crippen MR) is 58.7 cm³/mol. The molecule has 2 rings (SSSR count). The summed E-state index contributed by atoms with van der Waals surface area (Å²) in [5.41, 5.74) is 0.162. The van der Waals surface area contributed by atoms with Crippen molar-refractivity contribution < 1.29 is 4.74 Å². The molecule has 0 bridgehead atoms. The molecule has 80 valence electrons. The summed E-state index contributed by atoms with van der Waals surface area (Å²) >= 11 is 0. The van der Waals surface area contributed by atoms with E-state index in [1.807, 2.05) is 6.92 Å². The third-order valence-electron chi connectivity index (χ3n) is 3.55. The topological polar surface area (TPSA) is 21.6 Å². The van der Waals surface area contributed by atoms with E-state index in [9.17, 15) is 0 Å². The molecule has 1 aliphatic heterocycles. The lowest BCUT2D eigenvalue weighted by Gasteiger charge is -2.29. The van der Waals surface area contributed by atoms with Crippen molar-refractivity contribution in [3.05, 3.63) is 0 Å². The molecule has 0 spiro atoms. The van der Waals surface area contributed by atoms with Crippen LogP contribution in [-0.4, -0.2) is 17.5 Å². The summed E-state index contributed by atoms with van der Waals surface area (Å²) in [5, 5.41) is 0. The summed E-state index contributed by atoms with van der Waals surface area (Å²) in [4.78, 5) is 4.79. The molecule has 2 aliphatic rings. The molecule has 1 fully saturated rings. The number of hydrogen-bond acceptors (Lipinski definition) is 2. The highest BCUT2D eigenvalue weighted by Crippen LogP contribution is 2.40. The average molecular weight is 195 g/mol. The number of hydrogen-bond donors (Lipinski definition) is 0. The van der Waals surface area contributed by atoms with E-state index in [2.05, 4.69) is 6.92 Å². The summed E-state index contributed by atoms with van der Waals surface area (Å²) in [5.74, 6) is 0.922. The predicted octanol–water partition coefficient (Wildman–Crippen LogP) is 3.31. The molecule has 0 N–H and O–H groups in total. The Morgan fingerprint density at radius 1 is 1.43 bits per heavy atom. The second-order valence-electron chi connectivity index (χ2n) is 4.69. The highest BCUT2D eigenvalue weighted by atomic mass is 16.5. The van der Waals surface area contributed by atoms with Crippen molar-refractivity contribution in [3.8, 4) is 0 Å². The number of ether oxygens (including phenoxy) is 1. The first-order chi connectivity index (χ1) is 6.77. The first-order valence-electron chi connectivity index (χ1n) is 6.00. The molecule has 2 nitrogen and oxygen atoms in total. The van der Waals surface area contributed by atoms with E-state index in [1.54, 1.807) is 0 Å². The van der Waals surface area contributed by atoms with E-state index < -0.39 is 0 Å². The van der Waals surface area contributed by atoms with Gasteiger partial charge in [-0.05, 0) is 25.7 Å². The van der Waals surface area contributed by atoms with Crippen molar-refractivity contribution in [3.63, 3.8) is 0 Å². The van der Waals surface area contributed by atoms with Gasteiger partial charge in [0, 0.05) is 6.92 Å². The van der Waals surface area contributed by atoms with Gasteiger partial charge in [0.25, 0.3) is 0 Å². The molecule has 0 saturated heterocycles. The van der Waals surface area contributed by atoms with Crippen LogP contribution in [-0.2, 0) is 4.74 Å². The van der Waals surface area contributed by atoms with Gasteiger partial charge in [-0.3, -0.25) is 0 Å². The Hall–Kier alpha value is -0.530. The summed E-state index contributed by atoms with van der Waals surface area (Å²) in [6.07, 6.45) is 9.27. The van der Waals surface area contributed by atoms with E-state index in [4.69, 9.17) is 9.73 Å². The van der Waals surface area contributed by atoms with Crippen LogP contribution in [0, 0.1) is 0 Å². The molecular formula is C12H21NO. The second kappa shape index (κ2) is 3.92. The van der Waals surface area contributed by atoms with Gasteiger partial charge in [-0.25, -0.2) is 4.99 Å². The maximum atomic E-state index is 5.85. The Labute approximate surface area is 86.8 Å². The van der Waals surface area contributed by atoms with Crippen LogP contribution in [0.4, 0.5) is 0 Å². The van der Waals surface area contributed by atoms with Gasteiger partial charge in [-0.15, -0.1) is 0 Å². The monoisotopic (exact) mass is 195 g/mol. The smallest absolute Gasteiger partial charge is 0.181 e. The third-order valence-corrected chi connectivity index (χ3v) is 3.55. The fraction of sp³-hybridized carbons (Fsp3) is 0.917. The zero-order valence-corrected chi connectivity index (χ0v) is 9.38. The molecule has 0 amide bonds. The number of nitrogens with zero attached hydrogens (tertiary/aromatic N) is 1. The van der Waals surface area contributed by atoms with Crippen LogP contribution in [0.25, 0.3) is 0 Å². The molecule has 2 atom stereocenters. The highest BCUT2D eigenvalue weighted by molar-refractivity contribution is 5.76. The van der Waals surface area contributed by atoms with Gasteiger partial charge >= 0.3 is 0 Å². The van der Waals surface area contributed by atoms with Crippen molar-refractivity contribution in [1.82, 2.24) is 0 Å². The Morgan fingerprint density at radius 3 is 3.07 bits per heavy atom. The van der Waals surface area contributed by atoms with Crippen LogP contribution in [0.1, 0.15) is 58.8 Å². The molecular weight excluding hydrogens is 174 g/mol. The molecule has 14 heavy (non-hydrogen) atoms. The van der Waals surface area contributed by atoms with E-state index in [1.165, 1.54) is 44.9 Å². The van der Waals surface area contributed by atoms with Gasteiger partial charge < -0.3 is 4.74 Å². The Bertz CT molecular complexity index is 236. The Morgan fingerprint density at radius 2 is 2.29 bits per heavy atom. The van der Waals surface area contributed by atoms with Crippen LogP contribution in [0.5, 0.6) is 0 Å². The molecule has 0 unspecified atom stereocenters. The zero-order valence-electron chi connectivity index (χ0n) is 9.38. The number of aliphatic imine (C=N–C) groups is 1. The number of fused-ring (bicyclic) bond motifs is 1. The summed E-state index contributed by atoms with van der Waals surface area (Å²) in [6, 6.07) is 0. The quantitative estimate of drug-likeness (QED) is 0.662. The van der Waals surface area contributed by atoms with E-state index in [-0.39, 0.29) is 5.54 Å². The third kappa shape index (κ3) is 1.67. The Balaban J connectivity index is 2.19. The van der Waals surface area contributed by atoms with Crippen molar-refractivity contribution in [2.24, 2.45) is 4.99 Å². The van der Waals surface area contributed by atoms with E-state index in [0.29, 0.717) is 6.10 Å². The molecule has 0 aromatic rings. The average Bonchev–Trinajstić information content (AvgIpc) is 2.31. The molecule has 2 heteroatoms. The normalized spacial score (nSPS) is 37.0. The van der Waals surface area contributed by atoms with Crippen LogP contribution in [0.3, 0.4) is 0 Å². The molecule has 0 radical (unpaired) electrons. The minimum atomic E-state index is 0.162. The van der Waals surface area contributed by atoms with E-state index >= 15 is 0 Å². The number of rotatable bonds is 2. The molecule has 0 aromatic carbocycles. The molecule has 0 aromatic heterocycles. The lowest BCUT2D eigenvalue weighted by molar-refractivity contribution is 0.120. The SMILES string of the molecule is CCC[C@@]12CCCCC[C@@H]1OC(C)=N2. The fourth-order valence-electron chi connectivity index (χ4n) is 2.98. The fourth-order valence-corrected chi connectivity index (χ4v) is 2.98. The molecule has 1 aliphatic carbocycles. The Kier molecular flexibility index (Phi) is 2.80. The van der Waals surface area contributed by atoms with Gasteiger partial charge in [0.1, 0.15) is 11.6 Å². The van der Waals surface area contributed by atoms with Crippen LogP contribution < -0.4 is 0 Å². The van der Waals surface area contributed by atoms with Gasteiger partial charge in [0.2, 0.25) is 0 Å². The lowest BCUT2D eigenvalue weighted by Crippen LogP contribution is -2.36. The van der Waals surface area contributed by atoms with Crippen molar-refractivity contribution in [2.45, 2.75) is 70.4 Å². The minimum absolute atomic E-state index is 0.162. The maximum Gasteiger partial charge on any atom is 0.181 e. The van der Waals surface area contributed by atoms with Gasteiger partial charge in [0.05, 0.1) is 0 Å². The van der Waals surface area contributed by atoms with Crippen LogP contribution in [0.2, 0.25) is 0 Å². The lowest BCUT2D eigenvalue weighted by atomic mass is 9.84. The van der Waals surface area contributed by atoms with E-state index in [0.717, 1.165) is 5.90 Å². The van der Waals surface area contributed by atoms with Gasteiger partial charge in [-0.1, -0.05) is 26.2 Å². The first-order valence-corrected chi connectivity index (χ1v) is 6.00.